The number of primary amides is 1. The van der Waals surface area contributed by atoms with E-state index in [4.69, 9.17) is 16.2 Å². The SMILES string of the molecule is CC(C)CC(NC(=O)OCc1ccccc1)C(=O)N/C(=C/N)C(N)=O. The second-order valence-corrected chi connectivity index (χ2v) is 5.82. The molecule has 0 saturated carbocycles. The number of benzene rings is 1. The minimum atomic E-state index is -0.891. The number of hydrogen-bond donors (Lipinski definition) is 4. The molecule has 0 fully saturated rings. The molecule has 0 aliphatic carbocycles. The lowest BCUT2D eigenvalue weighted by Crippen LogP contribution is -2.48. The molecule has 0 aliphatic rings. The molecule has 0 bridgehead atoms. The second-order valence-electron chi connectivity index (χ2n) is 5.82. The first-order valence-corrected chi connectivity index (χ1v) is 7.83. The van der Waals surface area contributed by atoms with Crippen molar-refractivity contribution in [3.63, 3.8) is 0 Å². The van der Waals surface area contributed by atoms with Crippen LogP contribution in [-0.2, 0) is 20.9 Å². The molecule has 1 rings (SSSR count). The average Bonchev–Trinajstić information content (AvgIpc) is 2.57. The van der Waals surface area contributed by atoms with Gasteiger partial charge in [0.2, 0.25) is 5.91 Å². The smallest absolute Gasteiger partial charge is 0.408 e. The van der Waals surface area contributed by atoms with Crippen molar-refractivity contribution in [3.8, 4) is 0 Å². The van der Waals surface area contributed by atoms with Gasteiger partial charge < -0.3 is 26.8 Å². The van der Waals surface area contributed by atoms with Crippen molar-refractivity contribution in [3.05, 3.63) is 47.8 Å². The van der Waals surface area contributed by atoms with E-state index < -0.39 is 23.9 Å². The standard InChI is InChI=1S/C17H24N4O4/c1-11(2)8-13(16(23)20-14(9-18)15(19)22)21-17(24)25-10-12-6-4-3-5-7-12/h3-7,9,11,13H,8,10,18H2,1-2H3,(H2,19,22)(H,20,23)(H,21,24)/b14-9+. The first-order chi connectivity index (χ1) is 11.8. The van der Waals surface area contributed by atoms with E-state index in [0.29, 0.717) is 6.42 Å². The Kier molecular flexibility index (Phi) is 7.98. The van der Waals surface area contributed by atoms with Crippen LogP contribution in [0.3, 0.4) is 0 Å². The molecule has 8 nitrogen and oxygen atoms in total. The van der Waals surface area contributed by atoms with E-state index in [1.807, 2.05) is 44.2 Å². The lowest BCUT2D eigenvalue weighted by Gasteiger charge is -2.20. The highest BCUT2D eigenvalue weighted by Crippen LogP contribution is 2.07. The van der Waals surface area contributed by atoms with Crippen LogP contribution in [0, 0.1) is 5.92 Å². The predicted octanol–water partition coefficient (Wildman–Crippen LogP) is 0.729. The normalized spacial score (nSPS) is 12.4. The van der Waals surface area contributed by atoms with Crippen molar-refractivity contribution in [2.75, 3.05) is 0 Å². The molecule has 0 saturated heterocycles. The Bertz CT molecular complexity index is 629. The topological polar surface area (TPSA) is 137 Å². The van der Waals surface area contributed by atoms with Gasteiger partial charge in [0.25, 0.3) is 5.91 Å². The van der Waals surface area contributed by atoms with Gasteiger partial charge in [-0.2, -0.15) is 0 Å². The first kappa shape index (κ1) is 20.0. The van der Waals surface area contributed by atoms with Crippen LogP contribution in [0.5, 0.6) is 0 Å². The summed E-state index contributed by atoms with van der Waals surface area (Å²) < 4.78 is 5.11. The van der Waals surface area contributed by atoms with Gasteiger partial charge in [0.1, 0.15) is 18.3 Å². The molecule has 0 heterocycles. The highest BCUT2D eigenvalue weighted by molar-refractivity contribution is 5.98. The Morgan fingerprint density at radius 1 is 1.20 bits per heavy atom. The fourth-order valence-corrected chi connectivity index (χ4v) is 2.02. The van der Waals surface area contributed by atoms with Crippen LogP contribution in [0.25, 0.3) is 0 Å². The number of carbonyl (C=O) groups excluding carboxylic acids is 3. The average molecular weight is 348 g/mol. The molecule has 1 aromatic carbocycles. The Morgan fingerprint density at radius 2 is 1.84 bits per heavy atom. The van der Waals surface area contributed by atoms with E-state index in [1.54, 1.807) is 0 Å². The molecule has 3 amide bonds. The molecule has 0 radical (unpaired) electrons. The number of nitrogens with one attached hydrogen (secondary N) is 2. The minimum Gasteiger partial charge on any atom is -0.445 e. The summed E-state index contributed by atoms with van der Waals surface area (Å²) in [6, 6.07) is 8.26. The van der Waals surface area contributed by atoms with Gasteiger partial charge >= 0.3 is 6.09 Å². The van der Waals surface area contributed by atoms with Gasteiger partial charge in [-0.1, -0.05) is 44.2 Å². The fraction of sp³-hybridized carbons (Fsp3) is 0.353. The number of nitrogens with two attached hydrogens (primary N) is 2. The monoisotopic (exact) mass is 348 g/mol. The number of ether oxygens (including phenoxy) is 1. The quantitative estimate of drug-likeness (QED) is 0.513. The van der Waals surface area contributed by atoms with Gasteiger partial charge in [0.15, 0.2) is 0 Å². The molecule has 8 heteroatoms. The summed E-state index contributed by atoms with van der Waals surface area (Å²) in [4.78, 5) is 35.4. The second kappa shape index (κ2) is 9.96. The Labute approximate surface area is 146 Å². The van der Waals surface area contributed by atoms with E-state index in [0.717, 1.165) is 11.8 Å². The lowest BCUT2D eigenvalue weighted by molar-refractivity contribution is -0.124. The Hall–Kier alpha value is -3.03. The van der Waals surface area contributed by atoms with E-state index in [9.17, 15) is 14.4 Å². The maximum Gasteiger partial charge on any atom is 0.408 e. The summed E-state index contributed by atoms with van der Waals surface area (Å²) in [7, 11) is 0. The molecule has 1 unspecified atom stereocenters. The van der Waals surface area contributed by atoms with Gasteiger partial charge in [-0.3, -0.25) is 9.59 Å². The molecular weight excluding hydrogens is 324 g/mol. The van der Waals surface area contributed by atoms with Crippen LogP contribution in [0.4, 0.5) is 4.79 Å². The van der Waals surface area contributed by atoms with Crippen LogP contribution in [0.2, 0.25) is 0 Å². The molecular formula is C17H24N4O4. The van der Waals surface area contributed by atoms with E-state index in [-0.39, 0.29) is 18.2 Å². The van der Waals surface area contributed by atoms with Crippen LogP contribution in [-0.4, -0.2) is 23.9 Å². The summed E-state index contributed by atoms with van der Waals surface area (Å²) in [5.74, 6) is -1.35. The predicted molar refractivity (Wildman–Crippen MR) is 92.6 cm³/mol. The number of amides is 3. The molecule has 1 aromatic rings. The largest absolute Gasteiger partial charge is 0.445 e. The van der Waals surface area contributed by atoms with Crippen molar-refractivity contribution in [1.29, 1.82) is 0 Å². The van der Waals surface area contributed by atoms with Crippen molar-refractivity contribution in [2.45, 2.75) is 32.9 Å². The summed E-state index contributed by atoms with van der Waals surface area (Å²) in [6.45, 7) is 3.87. The van der Waals surface area contributed by atoms with E-state index in [2.05, 4.69) is 10.6 Å². The van der Waals surface area contributed by atoms with Crippen molar-refractivity contribution in [1.82, 2.24) is 10.6 Å². The van der Waals surface area contributed by atoms with Crippen molar-refractivity contribution >= 4 is 17.9 Å². The minimum absolute atomic E-state index is 0.0813. The first-order valence-electron chi connectivity index (χ1n) is 7.83. The summed E-state index contributed by atoms with van der Waals surface area (Å²) in [5, 5.41) is 4.80. The summed E-state index contributed by atoms with van der Waals surface area (Å²) >= 11 is 0. The van der Waals surface area contributed by atoms with E-state index >= 15 is 0 Å². The van der Waals surface area contributed by atoms with Gasteiger partial charge in [0, 0.05) is 6.20 Å². The lowest BCUT2D eigenvalue weighted by atomic mass is 10.0. The molecule has 0 aromatic heterocycles. The van der Waals surface area contributed by atoms with Crippen LogP contribution < -0.4 is 22.1 Å². The molecule has 25 heavy (non-hydrogen) atoms. The van der Waals surface area contributed by atoms with Crippen molar-refractivity contribution in [2.24, 2.45) is 17.4 Å². The third-order valence-corrected chi connectivity index (χ3v) is 3.22. The molecule has 0 aliphatic heterocycles. The Balaban J connectivity index is 2.66. The Morgan fingerprint density at radius 3 is 2.36 bits per heavy atom. The zero-order valence-corrected chi connectivity index (χ0v) is 14.3. The van der Waals surface area contributed by atoms with Crippen LogP contribution in [0.15, 0.2) is 42.2 Å². The highest BCUT2D eigenvalue weighted by atomic mass is 16.5. The van der Waals surface area contributed by atoms with E-state index in [1.165, 1.54) is 0 Å². The molecule has 0 spiro atoms. The summed E-state index contributed by atoms with van der Waals surface area (Å²) in [5.41, 5.74) is 10.9. The number of alkyl carbamates (subject to hydrolysis) is 1. The summed E-state index contributed by atoms with van der Waals surface area (Å²) in [6.07, 6.45) is 0.519. The van der Waals surface area contributed by atoms with Gasteiger partial charge in [-0.05, 0) is 17.9 Å². The number of carbonyl (C=O) groups is 3. The van der Waals surface area contributed by atoms with Crippen molar-refractivity contribution < 1.29 is 19.1 Å². The third-order valence-electron chi connectivity index (χ3n) is 3.22. The molecule has 1 atom stereocenters. The maximum absolute atomic E-state index is 12.3. The van der Waals surface area contributed by atoms with Gasteiger partial charge in [-0.25, -0.2) is 4.79 Å². The highest BCUT2D eigenvalue weighted by Gasteiger charge is 2.24. The molecule has 6 N–H and O–H groups in total. The maximum atomic E-state index is 12.3. The van der Waals surface area contributed by atoms with Gasteiger partial charge in [0.05, 0.1) is 0 Å². The van der Waals surface area contributed by atoms with Crippen LogP contribution >= 0.6 is 0 Å². The number of hydrogen-bond acceptors (Lipinski definition) is 5. The van der Waals surface area contributed by atoms with Crippen LogP contribution in [0.1, 0.15) is 25.8 Å². The van der Waals surface area contributed by atoms with Gasteiger partial charge in [-0.15, -0.1) is 0 Å². The third kappa shape index (κ3) is 7.38. The zero-order valence-electron chi connectivity index (χ0n) is 14.3. The molecule has 136 valence electrons. The fourth-order valence-electron chi connectivity index (χ4n) is 2.02. The zero-order chi connectivity index (χ0) is 18.8. The number of rotatable bonds is 8.